The molecule has 4 rings (SSSR count). The average molecular weight is 404 g/mol. The van der Waals surface area contributed by atoms with Gasteiger partial charge < -0.3 is 19.4 Å². The second-order valence-corrected chi connectivity index (χ2v) is 8.47. The Morgan fingerprint density at radius 2 is 2.11 bits per heavy atom. The van der Waals surface area contributed by atoms with Crippen LogP contribution < -0.4 is 5.32 Å². The van der Waals surface area contributed by atoms with Crippen LogP contribution in [0.5, 0.6) is 0 Å². The number of amides is 2. The number of morpholine rings is 1. The number of fused-ring (bicyclic) bond motifs is 1. The zero-order valence-electron chi connectivity index (χ0n) is 16.6. The lowest BCUT2D eigenvalue weighted by atomic mass is 9.98. The van der Waals surface area contributed by atoms with Gasteiger partial charge in [0, 0.05) is 31.1 Å². The van der Waals surface area contributed by atoms with Gasteiger partial charge in [0.2, 0.25) is 0 Å². The van der Waals surface area contributed by atoms with Crippen molar-refractivity contribution < 1.29 is 13.9 Å². The van der Waals surface area contributed by atoms with Crippen LogP contribution in [0.25, 0.3) is 0 Å². The molecule has 1 saturated heterocycles. The lowest BCUT2D eigenvalue weighted by Gasteiger charge is -2.37. The summed E-state index contributed by atoms with van der Waals surface area (Å²) >= 11 is 1.81. The van der Waals surface area contributed by atoms with Gasteiger partial charge in [-0.05, 0) is 48.9 Å². The summed E-state index contributed by atoms with van der Waals surface area (Å²) in [5, 5.41) is 5.33. The highest BCUT2D eigenvalue weighted by atomic mass is 32.1. The second-order valence-electron chi connectivity index (χ2n) is 7.47. The number of urea groups is 1. The minimum atomic E-state index is 0.0187. The SMILES string of the molecule is CCC1c2ccsc2CCN1C(=O)NCC(c1ccc(C)o1)N1CCOCC1. The monoisotopic (exact) mass is 403 g/mol. The fourth-order valence-electron chi connectivity index (χ4n) is 4.30. The van der Waals surface area contributed by atoms with E-state index in [-0.39, 0.29) is 18.1 Å². The largest absolute Gasteiger partial charge is 0.465 e. The molecule has 0 bridgehead atoms. The molecule has 2 amide bonds. The smallest absolute Gasteiger partial charge is 0.317 e. The predicted molar refractivity (Wildman–Crippen MR) is 110 cm³/mol. The minimum absolute atomic E-state index is 0.0187. The van der Waals surface area contributed by atoms with Crippen LogP contribution in [0.4, 0.5) is 4.79 Å². The molecule has 2 aliphatic rings. The van der Waals surface area contributed by atoms with Crippen LogP contribution in [-0.2, 0) is 11.2 Å². The summed E-state index contributed by atoms with van der Waals surface area (Å²) in [4.78, 5) is 18.8. The van der Waals surface area contributed by atoms with Crippen LogP contribution in [-0.4, -0.2) is 55.2 Å². The first-order valence-corrected chi connectivity index (χ1v) is 11.0. The summed E-state index contributed by atoms with van der Waals surface area (Å²) in [7, 11) is 0. The Morgan fingerprint density at radius 3 is 2.82 bits per heavy atom. The van der Waals surface area contributed by atoms with E-state index in [1.165, 1.54) is 10.4 Å². The molecule has 2 aliphatic heterocycles. The van der Waals surface area contributed by atoms with Crippen molar-refractivity contribution >= 4 is 17.4 Å². The van der Waals surface area contributed by atoms with E-state index in [4.69, 9.17) is 9.15 Å². The number of hydrogen-bond donors (Lipinski definition) is 1. The summed E-state index contributed by atoms with van der Waals surface area (Å²) in [5.74, 6) is 1.80. The molecule has 2 aromatic rings. The van der Waals surface area contributed by atoms with Gasteiger partial charge in [0.15, 0.2) is 0 Å². The normalized spacial score (nSPS) is 21.4. The molecule has 7 heteroatoms. The number of aryl methyl sites for hydroxylation is 1. The summed E-state index contributed by atoms with van der Waals surface area (Å²) in [6.45, 7) is 8.55. The number of furan rings is 1. The van der Waals surface area contributed by atoms with Crippen LogP contribution in [0.2, 0.25) is 0 Å². The minimum Gasteiger partial charge on any atom is -0.465 e. The molecule has 0 aliphatic carbocycles. The summed E-state index contributed by atoms with van der Waals surface area (Å²) < 4.78 is 11.4. The van der Waals surface area contributed by atoms with Crippen LogP contribution in [0.1, 0.15) is 47.4 Å². The zero-order valence-corrected chi connectivity index (χ0v) is 17.5. The van der Waals surface area contributed by atoms with Crippen molar-refractivity contribution in [3.63, 3.8) is 0 Å². The third-order valence-corrected chi connectivity index (χ3v) is 6.76. The van der Waals surface area contributed by atoms with E-state index >= 15 is 0 Å². The molecule has 0 saturated carbocycles. The van der Waals surface area contributed by atoms with E-state index in [1.807, 2.05) is 24.0 Å². The Bertz CT molecular complexity index is 796. The van der Waals surface area contributed by atoms with Gasteiger partial charge in [-0.15, -0.1) is 11.3 Å². The van der Waals surface area contributed by atoms with Crippen LogP contribution in [0, 0.1) is 6.92 Å². The third-order valence-electron chi connectivity index (χ3n) is 5.77. The summed E-state index contributed by atoms with van der Waals surface area (Å²) in [6.07, 6.45) is 1.88. The first kappa shape index (κ1) is 19.5. The molecule has 2 unspecified atom stereocenters. The molecule has 1 fully saturated rings. The Hall–Kier alpha value is -1.83. The lowest BCUT2D eigenvalue weighted by molar-refractivity contribution is 0.0118. The molecule has 2 aromatic heterocycles. The van der Waals surface area contributed by atoms with Crippen molar-refractivity contribution in [2.24, 2.45) is 0 Å². The first-order chi connectivity index (χ1) is 13.7. The fourth-order valence-corrected chi connectivity index (χ4v) is 5.22. The quantitative estimate of drug-likeness (QED) is 0.826. The van der Waals surface area contributed by atoms with E-state index < -0.39 is 0 Å². The van der Waals surface area contributed by atoms with Gasteiger partial charge in [0.1, 0.15) is 11.5 Å². The Morgan fingerprint density at radius 1 is 1.29 bits per heavy atom. The topological polar surface area (TPSA) is 58.0 Å². The Labute approximate surface area is 170 Å². The predicted octanol–water partition coefficient (Wildman–Crippen LogP) is 3.74. The van der Waals surface area contributed by atoms with E-state index in [0.717, 1.165) is 57.2 Å². The van der Waals surface area contributed by atoms with Crippen LogP contribution >= 0.6 is 11.3 Å². The maximum Gasteiger partial charge on any atom is 0.317 e. The molecule has 0 spiro atoms. The van der Waals surface area contributed by atoms with Crippen molar-refractivity contribution in [2.75, 3.05) is 39.4 Å². The number of carbonyl (C=O) groups is 1. The van der Waals surface area contributed by atoms with Gasteiger partial charge in [-0.25, -0.2) is 4.79 Å². The van der Waals surface area contributed by atoms with Crippen molar-refractivity contribution in [3.05, 3.63) is 45.5 Å². The number of ether oxygens (including phenoxy) is 1. The molecule has 2 atom stereocenters. The molecule has 0 aromatic carbocycles. The van der Waals surface area contributed by atoms with Crippen molar-refractivity contribution in [1.29, 1.82) is 0 Å². The van der Waals surface area contributed by atoms with E-state index in [2.05, 4.69) is 28.6 Å². The molecular weight excluding hydrogens is 374 g/mol. The third kappa shape index (κ3) is 3.97. The van der Waals surface area contributed by atoms with Crippen molar-refractivity contribution in [3.8, 4) is 0 Å². The van der Waals surface area contributed by atoms with Gasteiger partial charge in [0.05, 0.1) is 25.3 Å². The van der Waals surface area contributed by atoms with Gasteiger partial charge in [-0.1, -0.05) is 6.92 Å². The molecule has 4 heterocycles. The highest BCUT2D eigenvalue weighted by Gasteiger charge is 2.32. The van der Waals surface area contributed by atoms with E-state index in [9.17, 15) is 4.79 Å². The average Bonchev–Trinajstić information content (AvgIpc) is 3.37. The molecule has 152 valence electrons. The van der Waals surface area contributed by atoms with Crippen LogP contribution in [0.15, 0.2) is 28.0 Å². The maximum atomic E-state index is 13.1. The van der Waals surface area contributed by atoms with Gasteiger partial charge in [-0.3, -0.25) is 4.90 Å². The standard InChI is InChI=1S/C21H29N3O3S/c1-3-17-16-7-13-28-20(16)6-8-24(17)21(25)22-14-18(19-5-4-15(2)27-19)23-9-11-26-12-10-23/h4-5,7,13,17-18H,3,6,8-12,14H2,1-2H3,(H,22,25). The highest BCUT2D eigenvalue weighted by Crippen LogP contribution is 2.35. The van der Waals surface area contributed by atoms with Crippen LogP contribution in [0.3, 0.4) is 0 Å². The van der Waals surface area contributed by atoms with Crippen molar-refractivity contribution in [2.45, 2.75) is 38.8 Å². The molecule has 1 N–H and O–H groups in total. The van der Waals surface area contributed by atoms with Crippen molar-refractivity contribution in [1.82, 2.24) is 15.1 Å². The molecule has 0 radical (unpaired) electrons. The first-order valence-electron chi connectivity index (χ1n) is 10.2. The van der Waals surface area contributed by atoms with Gasteiger partial charge >= 0.3 is 6.03 Å². The fraction of sp³-hybridized carbons (Fsp3) is 0.571. The molecule has 6 nitrogen and oxygen atoms in total. The number of thiophene rings is 1. The summed E-state index contributed by atoms with van der Waals surface area (Å²) in [6, 6.07) is 6.40. The molecular formula is C21H29N3O3S. The van der Waals surface area contributed by atoms with E-state index in [0.29, 0.717) is 6.54 Å². The Kier molecular flexibility index (Phi) is 6.04. The number of nitrogens with zero attached hydrogens (tertiary/aromatic N) is 2. The number of rotatable bonds is 5. The van der Waals surface area contributed by atoms with Gasteiger partial charge in [0.25, 0.3) is 0 Å². The molecule has 28 heavy (non-hydrogen) atoms. The zero-order chi connectivity index (χ0) is 19.5. The number of hydrogen-bond acceptors (Lipinski definition) is 5. The second kappa shape index (κ2) is 8.68. The van der Waals surface area contributed by atoms with E-state index in [1.54, 1.807) is 11.3 Å². The highest BCUT2D eigenvalue weighted by molar-refractivity contribution is 7.10. The number of carbonyl (C=O) groups excluding carboxylic acids is 1. The summed E-state index contributed by atoms with van der Waals surface area (Å²) in [5.41, 5.74) is 1.32. The number of nitrogens with one attached hydrogen (secondary N) is 1. The van der Waals surface area contributed by atoms with Gasteiger partial charge in [-0.2, -0.15) is 0 Å². The maximum absolute atomic E-state index is 13.1. The Balaban J connectivity index is 1.45. The lowest BCUT2D eigenvalue weighted by Crippen LogP contribution is -2.49.